The molecule has 0 aliphatic carbocycles. The van der Waals surface area contributed by atoms with E-state index in [1.807, 2.05) is 192 Å². The molecular formula is C112H176N6O11S9. The largest absolute Gasteiger partial charge is 0.469 e. The first-order valence-corrected chi connectivity index (χ1v) is 56.5. The van der Waals surface area contributed by atoms with Gasteiger partial charge < -0.3 is 33.5 Å². The van der Waals surface area contributed by atoms with Crippen LogP contribution >= 0.6 is 105 Å². The minimum absolute atomic E-state index is 0.0995. The van der Waals surface area contributed by atoms with Gasteiger partial charge in [0.05, 0.1) is 48.6 Å². The second kappa shape index (κ2) is 91.1. The lowest BCUT2D eigenvalue weighted by molar-refractivity contribution is -0.156. The highest BCUT2D eigenvalue weighted by molar-refractivity contribution is 8.04. The van der Waals surface area contributed by atoms with Gasteiger partial charge in [0, 0.05) is 14.2 Å². The number of ether oxygens (including phenoxy) is 6. The zero-order chi connectivity index (χ0) is 105. The number of aliphatic hydroxyl groups excluding tert-OH is 1. The third-order valence-electron chi connectivity index (χ3n) is 20.3. The number of aliphatic hydroxyl groups is 1. The van der Waals surface area contributed by atoms with Gasteiger partial charge in [-0.05, 0) is 204 Å². The minimum atomic E-state index is -0.421. The molecule has 0 aliphatic heterocycles. The van der Waals surface area contributed by atoms with Crippen molar-refractivity contribution in [3.05, 3.63) is 241 Å². The van der Waals surface area contributed by atoms with Crippen LogP contribution in [0.15, 0.2) is 228 Å². The van der Waals surface area contributed by atoms with Crippen LogP contribution in [0.2, 0.25) is 0 Å². The van der Waals surface area contributed by atoms with Crippen molar-refractivity contribution in [2.75, 3.05) is 95.5 Å². The smallest absolute Gasteiger partial charge is 0.311 e. The maximum atomic E-state index is 11.3. The lowest BCUT2D eigenvalue weighted by Crippen LogP contribution is -2.26. The summed E-state index contributed by atoms with van der Waals surface area (Å²) in [7, 11) is 4.58. The molecule has 9 rings (SSSR count). The molecule has 9 aromatic rings. The standard InChI is InChI=1S/3C10H14.C10H10.2C9H18O3.C8H16O3.2C8H8.C7H14O2.3C6H10N2S3.C5H12/c3*1-3-9(2)10-7-5-4-6-8-10;1-3-9-6-5-7-10(4-2)8-9;2*1-5-9(2,3)8(10)12-7-6-11-4;1-4-8(2,3)7(10)11-6-5-9;2*1-2-8-6-4-3-5-7-8;1-5-7(2,3)6(8)9-4;3*1-3-9-5-7-8-6(11-5)10-4-2;1-4-5(2)3/h3*4-9H,3H2,1-2H3;3-8H,1-2H2;2*5-7H2,1-4H3;9H,4-6H2,1-3H3;2*2-7H,1H2;5H2,1-4H3;3*3-4H2,1-2H3;5H,4H2,1-3H3. The average molecular weight is 2070 g/mol. The summed E-state index contributed by atoms with van der Waals surface area (Å²) in [5.41, 5.74) is 7.50. The molecule has 0 fully saturated rings. The normalized spacial score (nSPS) is 10.9. The van der Waals surface area contributed by atoms with Crippen molar-refractivity contribution in [1.82, 2.24) is 30.6 Å². The van der Waals surface area contributed by atoms with Crippen LogP contribution in [-0.2, 0) is 47.6 Å². The molecule has 1 N–H and O–H groups in total. The molecule has 0 saturated carbocycles. The number of thioether (sulfide) groups is 6. The average Bonchev–Trinajstić information content (AvgIpc) is 1.89. The molecule has 0 aliphatic rings. The van der Waals surface area contributed by atoms with Crippen molar-refractivity contribution in [2.45, 2.75) is 282 Å². The Morgan fingerprint density at radius 1 is 0.319 bits per heavy atom. The quantitative estimate of drug-likeness (QED) is 0.0164. The molecule has 6 aromatic carbocycles. The number of esters is 4. The summed E-state index contributed by atoms with van der Waals surface area (Å²) >= 11 is 15.6. The number of carbonyl (C=O) groups is 4. The third-order valence-corrected chi connectivity index (χ3v) is 29.1. The van der Waals surface area contributed by atoms with Gasteiger partial charge in [0.25, 0.3) is 0 Å². The van der Waals surface area contributed by atoms with Gasteiger partial charge in [0.15, 0.2) is 26.0 Å². The summed E-state index contributed by atoms with van der Waals surface area (Å²) in [6.07, 6.45) is 15.5. The SMILES string of the molecule is C=Cc1cccc(C=C)c1.C=Cc1ccccc1.C=Cc1ccccc1.CCC(C)(C)C(=O)OC.CCC(C)(C)C(=O)OCCO.CCC(C)(C)C(=O)OCCOC.CCC(C)(C)C(=O)OCCOC.CCC(C)C.CCC(C)c1ccccc1.CCC(C)c1ccccc1.CCC(C)c1ccccc1.CCSc1nnc(SCC)s1.CCSc1nnc(SCC)s1.CCSc1nnc(SCC)s1. The zero-order valence-electron chi connectivity index (χ0n) is 89.7. The maximum Gasteiger partial charge on any atom is 0.311 e. The fraction of sp³-hybridized carbons (Fsp3) is 0.518. The van der Waals surface area contributed by atoms with Crippen LogP contribution < -0.4 is 0 Å². The summed E-state index contributed by atoms with van der Waals surface area (Å²) in [6.45, 7) is 71.8. The highest BCUT2D eigenvalue weighted by atomic mass is 32.2. The van der Waals surface area contributed by atoms with E-state index < -0.39 is 5.41 Å². The van der Waals surface area contributed by atoms with Crippen LogP contribution in [0.5, 0.6) is 0 Å². The Kier molecular flexibility index (Phi) is 91.9. The van der Waals surface area contributed by atoms with Crippen LogP contribution in [-0.4, -0.2) is 155 Å². The molecule has 0 spiro atoms. The summed E-state index contributed by atoms with van der Waals surface area (Å²) in [4.78, 5) is 44.5. The van der Waals surface area contributed by atoms with Crippen molar-refractivity contribution in [1.29, 1.82) is 0 Å². The van der Waals surface area contributed by atoms with E-state index in [2.05, 4.69) is 256 Å². The fourth-order valence-electron chi connectivity index (χ4n) is 8.74. The molecule has 3 aromatic heterocycles. The summed E-state index contributed by atoms with van der Waals surface area (Å²) in [5, 5.41) is 32.6. The number of nitrogens with zero attached hydrogens (tertiary/aromatic N) is 6. The Morgan fingerprint density at radius 2 is 0.529 bits per heavy atom. The molecule has 774 valence electrons. The van der Waals surface area contributed by atoms with E-state index in [1.54, 1.807) is 119 Å². The van der Waals surface area contributed by atoms with Crippen LogP contribution in [0, 0.1) is 27.6 Å². The Labute approximate surface area is 875 Å². The predicted molar refractivity (Wildman–Crippen MR) is 610 cm³/mol. The number of carbonyl (C=O) groups excluding carboxylic acids is 4. The fourth-order valence-corrected chi connectivity index (χ4v) is 17.2. The molecule has 3 unspecified atom stereocenters. The highest BCUT2D eigenvalue weighted by Gasteiger charge is 2.29. The zero-order valence-corrected chi connectivity index (χ0v) is 97.1. The first-order chi connectivity index (χ1) is 65.8. The van der Waals surface area contributed by atoms with Gasteiger partial charge in [0.2, 0.25) is 0 Å². The van der Waals surface area contributed by atoms with Crippen LogP contribution in [0.25, 0.3) is 24.3 Å². The third kappa shape index (κ3) is 74.7. The minimum Gasteiger partial charge on any atom is -0.469 e. The van der Waals surface area contributed by atoms with E-state index >= 15 is 0 Å². The van der Waals surface area contributed by atoms with E-state index in [1.165, 1.54) is 60.6 Å². The second-order valence-corrected chi connectivity index (χ2v) is 44.9. The van der Waals surface area contributed by atoms with Gasteiger partial charge in [-0.3, -0.25) is 19.2 Å². The Morgan fingerprint density at radius 3 is 0.696 bits per heavy atom. The summed E-state index contributed by atoms with van der Waals surface area (Å²) < 4.78 is 35.3. The molecule has 3 heterocycles. The van der Waals surface area contributed by atoms with Gasteiger partial charge in [0.1, 0.15) is 19.8 Å². The molecule has 3 atom stereocenters. The van der Waals surface area contributed by atoms with Gasteiger partial charge in [-0.1, -0.05) is 463 Å². The maximum absolute atomic E-state index is 11.3. The number of rotatable bonds is 39. The molecule has 0 amide bonds. The summed E-state index contributed by atoms with van der Waals surface area (Å²) in [6, 6.07) is 60.0. The van der Waals surface area contributed by atoms with Crippen LogP contribution in [0.1, 0.15) is 295 Å². The van der Waals surface area contributed by atoms with Gasteiger partial charge in [-0.15, -0.1) is 30.6 Å². The number of benzene rings is 6. The summed E-state index contributed by atoms with van der Waals surface area (Å²) in [5.74, 6) is 8.78. The van der Waals surface area contributed by atoms with E-state index in [9.17, 15) is 19.2 Å². The molecule has 0 radical (unpaired) electrons. The monoisotopic (exact) mass is 2070 g/mol. The number of hydrogen-bond acceptors (Lipinski definition) is 26. The molecule has 0 bridgehead atoms. The lowest BCUT2D eigenvalue weighted by atomic mass is 9.91. The first-order valence-electron chi connectivity index (χ1n) is 48.1. The molecule has 0 saturated heterocycles. The van der Waals surface area contributed by atoms with Crippen LogP contribution in [0.4, 0.5) is 0 Å². The van der Waals surface area contributed by atoms with Crippen LogP contribution in [0.3, 0.4) is 0 Å². The van der Waals surface area contributed by atoms with Crippen molar-refractivity contribution in [3.8, 4) is 0 Å². The van der Waals surface area contributed by atoms with E-state index in [0.717, 1.165) is 103 Å². The van der Waals surface area contributed by atoms with Gasteiger partial charge in [-0.25, -0.2) is 0 Å². The Balaban J connectivity index is -0.000000461. The van der Waals surface area contributed by atoms with Crippen molar-refractivity contribution < 1.29 is 52.7 Å². The van der Waals surface area contributed by atoms with Crippen molar-refractivity contribution >= 4 is 153 Å². The Hall–Kier alpha value is -7.18. The predicted octanol–water partition coefficient (Wildman–Crippen LogP) is 33.3. The van der Waals surface area contributed by atoms with Crippen molar-refractivity contribution in [2.24, 2.45) is 27.6 Å². The first kappa shape index (κ1) is 139. The topological polar surface area (TPSA) is 221 Å². The Bertz CT molecular complexity index is 4010. The molecular weight excluding hydrogens is 1890 g/mol. The molecule has 138 heavy (non-hydrogen) atoms. The molecule has 17 nitrogen and oxygen atoms in total. The number of hydrogen-bond donors (Lipinski definition) is 1. The van der Waals surface area contributed by atoms with Crippen molar-refractivity contribution in [3.63, 3.8) is 0 Å². The van der Waals surface area contributed by atoms with E-state index in [0.29, 0.717) is 44.2 Å². The second-order valence-electron chi connectivity index (χ2n) is 32.9. The van der Waals surface area contributed by atoms with E-state index in [-0.39, 0.29) is 53.3 Å². The number of methoxy groups -OCH3 is 3. The van der Waals surface area contributed by atoms with Gasteiger partial charge >= 0.3 is 23.9 Å². The lowest BCUT2D eigenvalue weighted by Gasteiger charge is -2.19. The van der Waals surface area contributed by atoms with E-state index in [4.69, 9.17) is 28.8 Å². The van der Waals surface area contributed by atoms with Gasteiger partial charge in [-0.2, -0.15) is 0 Å². The highest BCUT2D eigenvalue weighted by Crippen LogP contribution is 2.32. The molecule has 26 heteroatoms. The number of aromatic nitrogens is 6.